The van der Waals surface area contributed by atoms with Gasteiger partial charge in [0.2, 0.25) is 0 Å². The minimum Gasteiger partial charge on any atom is -0.371 e. The van der Waals surface area contributed by atoms with Gasteiger partial charge in [-0.2, -0.15) is 0 Å². The number of anilines is 1. The lowest BCUT2D eigenvalue weighted by atomic mass is 9.91. The van der Waals surface area contributed by atoms with Gasteiger partial charge in [-0.1, -0.05) is 35.7 Å². The van der Waals surface area contributed by atoms with Crippen LogP contribution < -0.4 is 10.2 Å². The van der Waals surface area contributed by atoms with Crippen LogP contribution in [0.2, 0.25) is 0 Å². The molecule has 2 nitrogen and oxygen atoms in total. The lowest BCUT2D eigenvalue weighted by Crippen LogP contribution is -2.34. The minimum absolute atomic E-state index is 0.385. The van der Waals surface area contributed by atoms with Gasteiger partial charge in [-0.15, -0.1) is 0 Å². The number of piperidine rings is 1. The molecule has 0 amide bonds. The summed E-state index contributed by atoms with van der Waals surface area (Å²) in [6.45, 7) is 6.94. The van der Waals surface area contributed by atoms with Gasteiger partial charge in [0.15, 0.2) is 0 Å². The summed E-state index contributed by atoms with van der Waals surface area (Å²) >= 11 is 3.60. The summed E-state index contributed by atoms with van der Waals surface area (Å²) in [5.41, 5.74) is 2.81. The molecule has 1 aromatic carbocycles. The van der Waals surface area contributed by atoms with E-state index < -0.39 is 0 Å². The third-order valence-electron chi connectivity index (χ3n) is 4.54. The molecule has 2 rings (SSSR count). The fraction of sp³-hybridized carbons (Fsp3) is 0.647. The van der Waals surface area contributed by atoms with Gasteiger partial charge in [-0.05, 0) is 56.5 Å². The molecule has 1 aromatic rings. The largest absolute Gasteiger partial charge is 0.371 e. The van der Waals surface area contributed by atoms with Crippen molar-refractivity contribution in [2.75, 3.05) is 25.0 Å². The van der Waals surface area contributed by atoms with Crippen LogP contribution in [0.3, 0.4) is 0 Å². The standard InChI is InChI=1S/C17H27BrN2/c1-4-5-14-8-10-20(11-9-14)17-7-6-15(18)12-16(17)13(2)19-3/h6-7,12-14,19H,4-5,8-11H2,1-3H3. The van der Waals surface area contributed by atoms with Crippen molar-refractivity contribution in [1.29, 1.82) is 0 Å². The Kier molecular flexibility index (Phi) is 5.91. The van der Waals surface area contributed by atoms with Crippen molar-refractivity contribution in [2.45, 2.75) is 45.6 Å². The van der Waals surface area contributed by atoms with Crippen LogP contribution in [0, 0.1) is 5.92 Å². The minimum atomic E-state index is 0.385. The third kappa shape index (κ3) is 3.76. The summed E-state index contributed by atoms with van der Waals surface area (Å²) in [6.07, 6.45) is 5.41. The smallest absolute Gasteiger partial charge is 0.0415 e. The molecule has 0 saturated carbocycles. The van der Waals surface area contributed by atoms with Crippen molar-refractivity contribution in [3.63, 3.8) is 0 Å². The topological polar surface area (TPSA) is 15.3 Å². The van der Waals surface area contributed by atoms with E-state index >= 15 is 0 Å². The first-order valence-electron chi connectivity index (χ1n) is 7.87. The van der Waals surface area contributed by atoms with Crippen LogP contribution in [0.1, 0.15) is 51.1 Å². The second-order valence-electron chi connectivity index (χ2n) is 5.93. The van der Waals surface area contributed by atoms with Gasteiger partial charge in [-0.3, -0.25) is 0 Å². The summed E-state index contributed by atoms with van der Waals surface area (Å²) in [5.74, 6) is 0.942. The molecule has 1 fully saturated rings. The molecule has 0 radical (unpaired) electrons. The molecule has 0 aliphatic carbocycles. The van der Waals surface area contributed by atoms with E-state index in [1.807, 2.05) is 7.05 Å². The number of rotatable bonds is 5. The van der Waals surface area contributed by atoms with E-state index in [4.69, 9.17) is 0 Å². The number of nitrogens with zero attached hydrogens (tertiary/aromatic N) is 1. The lowest BCUT2D eigenvalue weighted by Gasteiger charge is -2.35. The Bertz CT molecular complexity index is 425. The summed E-state index contributed by atoms with van der Waals surface area (Å²) in [7, 11) is 2.03. The van der Waals surface area contributed by atoms with Crippen molar-refractivity contribution in [3.05, 3.63) is 28.2 Å². The molecule has 1 atom stereocenters. The normalized spacial score (nSPS) is 18.3. The zero-order valence-electron chi connectivity index (χ0n) is 13.0. The Morgan fingerprint density at radius 2 is 2.05 bits per heavy atom. The van der Waals surface area contributed by atoms with Crippen LogP contribution in [0.25, 0.3) is 0 Å². The Morgan fingerprint density at radius 1 is 1.35 bits per heavy atom. The van der Waals surface area contributed by atoms with E-state index in [2.05, 4.69) is 58.2 Å². The molecule has 1 saturated heterocycles. The first kappa shape index (κ1) is 15.8. The molecule has 0 spiro atoms. The van der Waals surface area contributed by atoms with Crippen LogP contribution in [0.5, 0.6) is 0 Å². The van der Waals surface area contributed by atoms with Crippen LogP contribution in [0.4, 0.5) is 5.69 Å². The highest BCUT2D eigenvalue weighted by Crippen LogP contribution is 2.33. The van der Waals surface area contributed by atoms with Gasteiger partial charge < -0.3 is 10.2 Å². The highest BCUT2D eigenvalue weighted by Gasteiger charge is 2.21. The number of hydrogen-bond acceptors (Lipinski definition) is 2. The first-order chi connectivity index (χ1) is 9.65. The first-order valence-corrected chi connectivity index (χ1v) is 8.66. The molecule has 1 aliphatic rings. The van der Waals surface area contributed by atoms with Crippen LogP contribution in [-0.4, -0.2) is 20.1 Å². The van der Waals surface area contributed by atoms with Gasteiger partial charge in [-0.25, -0.2) is 0 Å². The molecule has 1 N–H and O–H groups in total. The summed E-state index contributed by atoms with van der Waals surface area (Å²) < 4.78 is 1.17. The summed E-state index contributed by atoms with van der Waals surface area (Å²) in [4.78, 5) is 2.57. The highest BCUT2D eigenvalue weighted by molar-refractivity contribution is 9.10. The zero-order chi connectivity index (χ0) is 14.5. The third-order valence-corrected chi connectivity index (χ3v) is 5.03. The van der Waals surface area contributed by atoms with E-state index in [1.165, 1.54) is 54.5 Å². The predicted octanol–water partition coefficient (Wildman–Crippen LogP) is 4.75. The van der Waals surface area contributed by atoms with Crippen molar-refractivity contribution in [3.8, 4) is 0 Å². The van der Waals surface area contributed by atoms with Crippen molar-refractivity contribution in [1.82, 2.24) is 5.32 Å². The Labute approximate surface area is 132 Å². The fourth-order valence-electron chi connectivity index (χ4n) is 3.19. The number of nitrogens with one attached hydrogen (secondary N) is 1. The van der Waals surface area contributed by atoms with E-state index in [1.54, 1.807) is 0 Å². The summed E-state index contributed by atoms with van der Waals surface area (Å²) in [6, 6.07) is 7.08. The van der Waals surface area contributed by atoms with E-state index in [0.717, 1.165) is 5.92 Å². The van der Waals surface area contributed by atoms with Crippen molar-refractivity contribution >= 4 is 21.6 Å². The number of benzene rings is 1. The maximum absolute atomic E-state index is 3.60. The maximum atomic E-state index is 3.60. The van der Waals surface area contributed by atoms with Crippen molar-refractivity contribution in [2.24, 2.45) is 5.92 Å². The van der Waals surface area contributed by atoms with Gasteiger partial charge in [0.05, 0.1) is 0 Å². The quantitative estimate of drug-likeness (QED) is 0.833. The van der Waals surface area contributed by atoms with Crippen LogP contribution >= 0.6 is 15.9 Å². The van der Waals surface area contributed by atoms with Crippen LogP contribution in [0.15, 0.2) is 22.7 Å². The molecular formula is C17H27BrN2. The lowest BCUT2D eigenvalue weighted by molar-refractivity contribution is 0.378. The van der Waals surface area contributed by atoms with Gasteiger partial charge >= 0.3 is 0 Å². The Morgan fingerprint density at radius 3 is 2.65 bits per heavy atom. The number of hydrogen-bond donors (Lipinski definition) is 1. The second kappa shape index (κ2) is 7.46. The van der Waals surface area contributed by atoms with E-state index in [9.17, 15) is 0 Å². The monoisotopic (exact) mass is 338 g/mol. The number of halogens is 1. The molecule has 0 bridgehead atoms. The molecule has 20 heavy (non-hydrogen) atoms. The molecule has 0 aromatic heterocycles. The highest BCUT2D eigenvalue weighted by atomic mass is 79.9. The average molecular weight is 339 g/mol. The average Bonchev–Trinajstić information content (AvgIpc) is 2.47. The van der Waals surface area contributed by atoms with Gasteiger partial charge in [0.25, 0.3) is 0 Å². The van der Waals surface area contributed by atoms with Crippen molar-refractivity contribution < 1.29 is 0 Å². The predicted molar refractivity (Wildman–Crippen MR) is 91.5 cm³/mol. The van der Waals surface area contributed by atoms with Gasteiger partial charge in [0, 0.05) is 29.3 Å². The van der Waals surface area contributed by atoms with E-state index in [0.29, 0.717) is 6.04 Å². The molecule has 1 aliphatic heterocycles. The molecule has 3 heteroatoms. The molecule has 1 unspecified atom stereocenters. The molecular weight excluding hydrogens is 312 g/mol. The Hall–Kier alpha value is -0.540. The molecule has 1 heterocycles. The van der Waals surface area contributed by atoms with Crippen LogP contribution in [-0.2, 0) is 0 Å². The SMILES string of the molecule is CCCC1CCN(c2ccc(Br)cc2C(C)NC)CC1. The fourth-order valence-corrected chi connectivity index (χ4v) is 3.57. The molecule has 112 valence electrons. The Balaban J connectivity index is 2.13. The zero-order valence-corrected chi connectivity index (χ0v) is 14.5. The maximum Gasteiger partial charge on any atom is 0.0415 e. The summed E-state index contributed by atoms with van der Waals surface area (Å²) in [5, 5.41) is 3.37. The van der Waals surface area contributed by atoms with E-state index in [-0.39, 0.29) is 0 Å². The van der Waals surface area contributed by atoms with Gasteiger partial charge in [0.1, 0.15) is 0 Å². The second-order valence-corrected chi connectivity index (χ2v) is 6.85.